The van der Waals surface area contributed by atoms with Gasteiger partial charge in [-0.15, -0.1) is 11.3 Å². The van der Waals surface area contributed by atoms with Gasteiger partial charge in [0.25, 0.3) is 5.56 Å². The zero-order valence-corrected chi connectivity index (χ0v) is 22.3. The molecule has 180 valence electrons. The molecule has 0 saturated carbocycles. The Morgan fingerprint density at radius 2 is 2.00 bits per heavy atom. The fraction of sp³-hybridized carbons (Fsp3) is 0.269. The molecular formula is C26H24Cl2N3O2S2+. The monoisotopic (exact) mass is 544 g/mol. The molecule has 3 heterocycles. The lowest BCUT2D eigenvalue weighted by Crippen LogP contribution is -3.11. The number of nitrogens with one attached hydrogen (secondary N) is 1. The number of fused-ring (bicyclic) bond motifs is 3. The van der Waals surface area contributed by atoms with E-state index in [-0.39, 0.29) is 17.1 Å². The molecule has 5 nitrogen and oxygen atoms in total. The summed E-state index contributed by atoms with van der Waals surface area (Å²) in [4.78, 5) is 35.2. The summed E-state index contributed by atoms with van der Waals surface area (Å²) < 4.78 is 1.71. The second kappa shape index (κ2) is 10.4. The Morgan fingerprint density at radius 3 is 2.74 bits per heavy atom. The first kappa shape index (κ1) is 24.5. The van der Waals surface area contributed by atoms with Crippen LogP contribution in [0.1, 0.15) is 33.3 Å². The van der Waals surface area contributed by atoms with Crippen LogP contribution in [0.2, 0.25) is 10.0 Å². The van der Waals surface area contributed by atoms with Crippen LogP contribution in [0.3, 0.4) is 0 Å². The van der Waals surface area contributed by atoms with Crippen LogP contribution in [0.5, 0.6) is 0 Å². The van der Waals surface area contributed by atoms with E-state index in [2.05, 4.69) is 6.92 Å². The number of rotatable bonds is 7. The first-order valence-electron chi connectivity index (χ1n) is 11.5. The number of Topliss-reactive ketones (excluding diaryl/α,β-unsaturated/α-hetero) is 1. The van der Waals surface area contributed by atoms with E-state index < -0.39 is 0 Å². The van der Waals surface area contributed by atoms with Crippen molar-refractivity contribution >= 4 is 62.3 Å². The van der Waals surface area contributed by atoms with Gasteiger partial charge in [0.05, 0.1) is 40.7 Å². The minimum absolute atomic E-state index is 0.0317. The highest BCUT2D eigenvalue weighted by Gasteiger charge is 2.27. The normalized spacial score (nSPS) is 15.3. The van der Waals surface area contributed by atoms with Gasteiger partial charge in [-0.1, -0.05) is 65.3 Å². The Balaban J connectivity index is 1.54. The van der Waals surface area contributed by atoms with Crippen LogP contribution in [-0.4, -0.2) is 34.2 Å². The Morgan fingerprint density at radius 1 is 1.20 bits per heavy atom. The molecule has 2 aromatic carbocycles. The Hall–Kier alpha value is -2.16. The van der Waals surface area contributed by atoms with Crippen molar-refractivity contribution in [2.24, 2.45) is 0 Å². The number of hydrogen-bond acceptors (Lipinski definition) is 5. The molecule has 1 N–H and O–H groups in total. The molecule has 4 aromatic rings. The first-order chi connectivity index (χ1) is 16.9. The highest BCUT2D eigenvalue weighted by Crippen LogP contribution is 2.31. The summed E-state index contributed by atoms with van der Waals surface area (Å²) in [6, 6.07) is 14.7. The zero-order chi connectivity index (χ0) is 24.5. The Bertz CT molecular complexity index is 1470. The number of aromatic nitrogens is 2. The second-order valence-electron chi connectivity index (χ2n) is 8.57. The van der Waals surface area contributed by atoms with Gasteiger partial charge in [-0.25, -0.2) is 4.98 Å². The molecule has 9 heteroatoms. The molecule has 0 radical (unpaired) electrons. The number of nitrogens with zero attached hydrogens (tertiary/aromatic N) is 2. The van der Waals surface area contributed by atoms with Crippen LogP contribution >= 0.6 is 46.3 Å². The van der Waals surface area contributed by atoms with E-state index in [1.807, 2.05) is 30.3 Å². The highest BCUT2D eigenvalue weighted by molar-refractivity contribution is 7.99. The van der Waals surface area contributed by atoms with Crippen molar-refractivity contribution in [2.75, 3.05) is 18.8 Å². The molecule has 5 rings (SSSR count). The minimum Gasteiger partial charge on any atom is -0.330 e. The van der Waals surface area contributed by atoms with Crippen molar-refractivity contribution in [3.05, 3.63) is 90.5 Å². The summed E-state index contributed by atoms with van der Waals surface area (Å²) in [5.41, 5.74) is 2.55. The van der Waals surface area contributed by atoms with Crippen molar-refractivity contribution in [1.82, 2.24) is 9.55 Å². The van der Waals surface area contributed by atoms with Crippen LogP contribution in [-0.2, 0) is 19.5 Å². The average Bonchev–Trinajstić information content (AvgIpc) is 3.22. The number of carbonyl (C=O) groups excluding carboxylic acids is 1. The number of quaternary nitrogens is 1. The van der Waals surface area contributed by atoms with Gasteiger partial charge < -0.3 is 4.90 Å². The van der Waals surface area contributed by atoms with Crippen LogP contribution in [0.4, 0.5) is 0 Å². The fourth-order valence-corrected chi connectivity index (χ4v) is 7.16. The van der Waals surface area contributed by atoms with Gasteiger partial charge in [0.15, 0.2) is 10.9 Å². The maximum Gasteiger partial charge on any atom is 0.263 e. The maximum atomic E-state index is 13.8. The molecule has 0 fully saturated rings. The van der Waals surface area contributed by atoms with Crippen LogP contribution in [0.25, 0.3) is 10.2 Å². The van der Waals surface area contributed by atoms with Gasteiger partial charge in [0.1, 0.15) is 11.4 Å². The van der Waals surface area contributed by atoms with E-state index in [0.717, 1.165) is 47.4 Å². The third kappa shape index (κ3) is 5.06. The second-order valence-corrected chi connectivity index (χ2v) is 11.4. The quantitative estimate of drug-likeness (QED) is 0.207. The number of ketones is 1. The molecule has 0 amide bonds. The summed E-state index contributed by atoms with van der Waals surface area (Å²) in [6.45, 7) is 5.62. The summed E-state index contributed by atoms with van der Waals surface area (Å²) >= 11 is 15.1. The molecule has 1 unspecified atom stereocenters. The predicted octanol–water partition coefficient (Wildman–Crippen LogP) is 4.75. The van der Waals surface area contributed by atoms with Crippen molar-refractivity contribution in [3.8, 4) is 0 Å². The lowest BCUT2D eigenvalue weighted by atomic mass is 10.1. The van der Waals surface area contributed by atoms with Crippen molar-refractivity contribution in [2.45, 2.75) is 31.6 Å². The van der Waals surface area contributed by atoms with Crippen LogP contribution in [0, 0.1) is 0 Å². The van der Waals surface area contributed by atoms with Gasteiger partial charge in [0, 0.05) is 17.0 Å². The summed E-state index contributed by atoms with van der Waals surface area (Å²) in [5.74, 6) is -0.0163. The van der Waals surface area contributed by atoms with Crippen molar-refractivity contribution in [1.29, 1.82) is 0 Å². The number of likely N-dealkylation sites (N-methyl/N-ethyl adjacent to an activating group) is 1. The van der Waals surface area contributed by atoms with Gasteiger partial charge in [0.2, 0.25) is 0 Å². The lowest BCUT2D eigenvalue weighted by Gasteiger charge is -2.22. The molecule has 1 aliphatic heterocycles. The Labute approximate surface area is 221 Å². The smallest absolute Gasteiger partial charge is 0.263 e. The van der Waals surface area contributed by atoms with Gasteiger partial charge in [-0.3, -0.25) is 14.2 Å². The topological polar surface area (TPSA) is 56.4 Å². The number of halogens is 2. The molecule has 0 saturated heterocycles. The highest BCUT2D eigenvalue weighted by atomic mass is 35.5. The van der Waals surface area contributed by atoms with E-state index in [0.29, 0.717) is 27.3 Å². The Kier molecular flexibility index (Phi) is 7.32. The molecule has 0 aliphatic carbocycles. The molecule has 2 aromatic heterocycles. The zero-order valence-electron chi connectivity index (χ0n) is 19.1. The van der Waals surface area contributed by atoms with Gasteiger partial charge in [-0.05, 0) is 36.2 Å². The van der Waals surface area contributed by atoms with E-state index >= 15 is 0 Å². The van der Waals surface area contributed by atoms with Crippen LogP contribution in [0.15, 0.2) is 58.5 Å². The first-order valence-corrected chi connectivity index (χ1v) is 14.0. The summed E-state index contributed by atoms with van der Waals surface area (Å²) in [6.07, 6.45) is 0.890. The average molecular weight is 546 g/mol. The molecular weight excluding hydrogens is 521 g/mol. The SMILES string of the molecule is CC[NH+]1CCc2c(sc3nc(SCC(=O)c4ccc(Cl)cc4Cl)n(Cc4ccccc4)c(=O)c23)C1. The summed E-state index contributed by atoms with van der Waals surface area (Å²) in [5, 5.41) is 2.09. The van der Waals surface area contributed by atoms with E-state index in [4.69, 9.17) is 28.2 Å². The third-order valence-electron chi connectivity index (χ3n) is 6.35. The van der Waals surface area contributed by atoms with E-state index in [9.17, 15) is 9.59 Å². The third-order valence-corrected chi connectivity index (χ3v) is 9.00. The minimum atomic E-state index is -0.134. The number of hydrogen-bond donors (Lipinski definition) is 1. The molecule has 1 aliphatic rings. The maximum absolute atomic E-state index is 13.8. The molecule has 0 spiro atoms. The summed E-state index contributed by atoms with van der Waals surface area (Å²) in [7, 11) is 0. The predicted molar refractivity (Wildman–Crippen MR) is 145 cm³/mol. The number of benzene rings is 2. The van der Waals surface area contributed by atoms with Crippen molar-refractivity contribution < 1.29 is 9.69 Å². The number of thioether (sulfide) groups is 1. The van der Waals surface area contributed by atoms with E-state index in [1.54, 1.807) is 34.1 Å². The molecule has 1 atom stereocenters. The van der Waals surface area contributed by atoms with Crippen LogP contribution < -0.4 is 10.5 Å². The van der Waals surface area contributed by atoms with Crippen molar-refractivity contribution in [3.63, 3.8) is 0 Å². The fourth-order valence-electron chi connectivity index (χ4n) is 4.43. The van der Waals surface area contributed by atoms with E-state index in [1.165, 1.54) is 21.5 Å². The van der Waals surface area contributed by atoms with Gasteiger partial charge >= 0.3 is 0 Å². The van der Waals surface area contributed by atoms with Gasteiger partial charge in [-0.2, -0.15) is 0 Å². The standard InChI is InChI=1S/C26H23Cl2N3O2S2/c1-2-30-11-10-19-22(14-30)35-24-23(19)25(33)31(13-16-6-4-3-5-7-16)26(29-24)34-15-21(32)18-9-8-17(27)12-20(18)28/h3-9,12H,2,10-11,13-15H2,1H3/p+1. The molecule has 35 heavy (non-hydrogen) atoms. The lowest BCUT2D eigenvalue weighted by molar-refractivity contribution is -0.913. The molecule has 0 bridgehead atoms. The number of thiophene rings is 1. The largest absolute Gasteiger partial charge is 0.330 e. The number of carbonyl (C=O) groups is 1.